The van der Waals surface area contributed by atoms with Gasteiger partial charge in [-0.2, -0.15) is 0 Å². The van der Waals surface area contributed by atoms with Crippen LogP contribution < -0.4 is 15.4 Å². The van der Waals surface area contributed by atoms with Crippen molar-refractivity contribution in [1.29, 1.82) is 0 Å². The van der Waals surface area contributed by atoms with Gasteiger partial charge >= 0.3 is 0 Å². The number of rotatable bonds is 5. The maximum atomic E-state index is 12.8. The molecule has 0 bridgehead atoms. The van der Waals surface area contributed by atoms with Crippen LogP contribution in [0.1, 0.15) is 15.9 Å². The maximum Gasteiger partial charge on any atom is 0.255 e. The fraction of sp³-hybridized carbons (Fsp3) is 0.200. The van der Waals surface area contributed by atoms with Gasteiger partial charge in [0.2, 0.25) is 0 Å². The lowest BCUT2D eigenvalue weighted by Crippen LogP contribution is -2.14. The summed E-state index contributed by atoms with van der Waals surface area (Å²) in [5.74, 6) is 1.46. The second kappa shape index (κ2) is 9.15. The van der Waals surface area contributed by atoms with Crippen molar-refractivity contribution < 1.29 is 17.9 Å². The van der Waals surface area contributed by atoms with Crippen LogP contribution in [0.5, 0.6) is 11.5 Å². The molecule has 1 saturated heterocycles. The van der Waals surface area contributed by atoms with Gasteiger partial charge in [0.1, 0.15) is 11.5 Å². The molecule has 7 nitrogen and oxygen atoms in total. The number of anilines is 2. The summed E-state index contributed by atoms with van der Waals surface area (Å²) in [6.07, 6.45) is 0. The molecule has 34 heavy (non-hydrogen) atoms. The standard InChI is InChI=1S/C25H23N3O4S2/c1-16-7-8-17(13-21(16)27-25-28-22-14-34(30,31)15-23(22)33-25)24(29)26-18-9-11-20(12-10-18)32-19-5-3-2-4-6-19/h2-13,22-23H,14-15H2,1H3,(H,26,29)(H,27,28)/t22-,23-/m0/s1. The SMILES string of the molecule is Cc1ccc(C(=O)Nc2ccc(Oc3ccccc3)cc2)cc1NC1=N[C@H]2CS(=O)(=O)C[C@@H]2S1. The minimum atomic E-state index is -2.99. The Kier molecular flexibility index (Phi) is 6.05. The lowest BCUT2D eigenvalue weighted by molar-refractivity contribution is 0.102. The van der Waals surface area contributed by atoms with Gasteiger partial charge in [-0.3, -0.25) is 9.79 Å². The van der Waals surface area contributed by atoms with Gasteiger partial charge in [-0.15, -0.1) is 0 Å². The number of amidine groups is 1. The summed E-state index contributed by atoms with van der Waals surface area (Å²) in [6, 6.07) is 21.9. The Morgan fingerprint density at radius 1 is 1.00 bits per heavy atom. The lowest BCUT2D eigenvalue weighted by atomic mass is 10.1. The van der Waals surface area contributed by atoms with E-state index in [0.717, 1.165) is 17.0 Å². The first-order valence-corrected chi connectivity index (χ1v) is 13.5. The molecule has 3 aromatic carbocycles. The summed E-state index contributed by atoms with van der Waals surface area (Å²) in [5, 5.41) is 6.84. The van der Waals surface area contributed by atoms with E-state index in [0.29, 0.717) is 22.2 Å². The molecule has 174 valence electrons. The molecule has 1 amide bonds. The molecule has 0 saturated carbocycles. The number of fused-ring (bicyclic) bond motifs is 1. The average Bonchev–Trinajstić information content (AvgIpc) is 3.29. The number of benzene rings is 3. The topological polar surface area (TPSA) is 96.9 Å². The first-order chi connectivity index (χ1) is 16.3. The number of carbonyl (C=O) groups excluding carboxylic acids is 1. The molecule has 0 radical (unpaired) electrons. The van der Waals surface area contributed by atoms with Crippen molar-refractivity contribution in [1.82, 2.24) is 0 Å². The molecule has 9 heteroatoms. The van der Waals surface area contributed by atoms with Gasteiger partial charge in [-0.05, 0) is 61.0 Å². The number of carbonyl (C=O) groups is 1. The molecule has 2 heterocycles. The molecular weight excluding hydrogens is 470 g/mol. The van der Waals surface area contributed by atoms with Gasteiger partial charge in [-0.1, -0.05) is 36.0 Å². The van der Waals surface area contributed by atoms with Crippen LogP contribution in [-0.2, 0) is 9.84 Å². The number of para-hydroxylation sites is 1. The largest absolute Gasteiger partial charge is 0.457 e. The monoisotopic (exact) mass is 493 g/mol. The quantitative estimate of drug-likeness (QED) is 0.534. The number of aryl methyl sites for hydroxylation is 1. The predicted molar refractivity (Wildman–Crippen MR) is 137 cm³/mol. The predicted octanol–water partition coefficient (Wildman–Crippen LogP) is 4.72. The van der Waals surface area contributed by atoms with Crippen LogP contribution in [0.4, 0.5) is 11.4 Å². The lowest BCUT2D eigenvalue weighted by Gasteiger charge is -2.12. The Morgan fingerprint density at radius 2 is 1.74 bits per heavy atom. The molecule has 2 N–H and O–H groups in total. The molecule has 3 aromatic rings. The van der Waals surface area contributed by atoms with Crippen molar-refractivity contribution in [2.45, 2.75) is 18.2 Å². The van der Waals surface area contributed by atoms with Crippen LogP contribution in [0, 0.1) is 6.92 Å². The number of sulfone groups is 1. The van der Waals surface area contributed by atoms with Gasteiger partial charge in [-0.25, -0.2) is 8.42 Å². The Hall–Kier alpha value is -3.30. The number of hydrogen-bond donors (Lipinski definition) is 2. The van der Waals surface area contributed by atoms with Gasteiger partial charge in [0.25, 0.3) is 5.91 Å². The molecule has 0 spiro atoms. The first-order valence-electron chi connectivity index (χ1n) is 10.8. The summed E-state index contributed by atoms with van der Waals surface area (Å²) in [5.41, 5.74) is 2.90. The molecular formula is C25H23N3O4S2. The van der Waals surface area contributed by atoms with E-state index in [1.54, 1.807) is 36.4 Å². The molecule has 0 unspecified atom stereocenters. The zero-order valence-corrected chi connectivity index (χ0v) is 20.0. The highest BCUT2D eigenvalue weighted by Crippen LogP contribution is 2.35. The van der Waals surface area contributed by atoms with Crippen LogP contribution in [-0.4, -0.2) is 42.3 Å². The van der Waals surface area contributed by atoms with Crippen molar-refractivity contribution in [2.24, 2.45) is 4.99 Å². The smallest absolute Gasteiger partial charge is 0.255 e. The zero-order valence-electron chi connectivity index (χ0n) is 18.4. The summed E-state index contributed by atoms with van der Waals surface area (Å²) in [6.45, 7) is 1.95. The zero-order chi connectivity index (χ0) is 23.7. The minimum absolute atomic E-state index is 0.0341. The van der Waals surface area contributed by atoms with Crippen molar-refractivity contribution in [3.63, 3.8) is 0 Å². The van der Waals surface area contributed by atoms with Crippen LogP contribution in [0.2, 0.25) is 0 Å². The summed E-state index contributed by atoms with van der Waals surface area (Å²) >= 11 is 1.45. The number of amides is 1. The summed E-state index contributed by atoms with van der Waals surface area (Å²) in [7, 11) is -2.99. The third kappa shape index (κ3) is 5.10. The van der Waals surface area contributed by atoms with E-state index in [1.807, 2.05) is 43.3 Å². The Labute approximate surface area is 202 Å². The number of hydrogen-bond acceptors (Lipinski definition) is 7. The van der Waals surface area contributed by atoms with E-state index < -0.39 is 9.84 Å². The molecule has 2 atom stereocenters. The van der Waals surface area contributed by atoms with Crippen LogP contribution in [0.3, 0.4) is 0 Å². The number of nitrogens with zero attached hydrogens (tertiary/aromatic N) is 1. The number of nitrogens with one attached hydrogen (secondary N) is 2. The second-order valence-electron chi connectivity index (χ2n) is 8.28. The van der Waals surface area contributed by atoms with E-state index in [9.17, 15) is 13.2 Å². The van der Waals surface area contributed by atoms with Crippen molar-refractivity contribution in [3.8, 4) is 11.5 Å². The van der Waals surface area contributed by atoms with Crippen LogP contribution >= 0.6 is 11.8 Å². The Bertz CT molecular complexity index is 1360. The third-order valence-electron chi connectivity index (χ3n) is 5.65. The van der Waals surface area contributed by atoms with Gasteiger partial charge in [0.05, 0.1) is 17.5 Å². The highest BCUT2D eigenvalue weighted by molar-refractivity contribution is 8.15. The molecule has 5 rings (SSSR count). The second-order valence-corrected chi connectivity index (χ2v) is 11.7. The van der Waals surface area contributed by atoms with E-state index in [2.05, 4.69) is 15.6 Å². The number of ether oxygens (including phenoxy) is 1. The van der Waals surface area contributed by atoms with E-state index in [4.69, 9.17) is 4.74 Å². The van der Waals surface area contributed by atoms with E-state index >= 15 is 0 Å². The van der Waals surface area contributed by atoms with Gasteiger partial charge in [0.15, 0.2) is 15.0 Å². The number of aliphatic imine (C=N–C) groups is 1. The molecule has 0 aliphatic carbocycles. The van der Waals surface area contributed by atoms with E-state index in [1.165, 1.54) is 11.8 Å². The summed E-state index contributed by atoms with van der Waals surface area (Å²) in [4.78, 5) is 17.4. The highest BCUT2D eigenvalue weighted by Gasteiger charge is 2.42. The Balaban J connectivity index is 1.24. The van der Waals surface area contributed by atoms with Crippen molar-refractivity contribution in [2.75, 3.05) is 22.1 Å². The fourth-order valence-electron chi connectivity index (χ4n) is 3.86. The molecule has 0 aromatic heterocycles. The summed E-state index contributed by atoms with van der Waals surface area (Å²) < 4.78 is 29.3. The minimum Gasteiger partial charge on any atom is -0.457 e. The first kappa shape index (κ1) is 22.5. The highest BCUT2D eigenvalue weighted by atomic mass is 32.2. The Morgan fingerprint density at radius 3 is 2.47 bits per heavy atom. The molecule has 1 fully saturated rings. The van der Waals surface area contributed by atoms with Crippen LogP contribution in [0.25, 0.3) is 0 Å². The van der Waals surface area contributed by atoms with Crippen molar-refractivity contribution in [3.05, 3.63) is 83.9 Å². The van der Waals surface area contributed by atoms with Crippen molar-refractivity contribution >= 4 is 44.0 Å². The number of thioether (sulfide) groups is 1. The molecule has 2 aliphatic rings. The fourth-order valence-corrected chi connectivity index (χ4v) is 7.53. The molecule has 2 aliphatic heterocycles. The van der Waals surface area contributed by atoms with Crippen LogP contribution in [0.15, 0.2) is 77.8 Å². The maximum absolute atomic E-state index is 12.8. The third-order valence-corrected chi connectivity index (χ3v) is 8.79. The van der Waals surface area contributed by atoms with Gasteiger partial charge < -0.3 is 15.4 Å². The van der Waals surface area contributed by atoms with E-state index in [-0.39, 0.29) is 28.7 Å². The average molecular weight is 494 g/mol. The normalized spacial score (nSPS) is 20.3. The van der Waals surface area contributed by atoms with Gasteiger partial charge in [0, 0.05) is 22.2 Å².